The molecule has 0 radical (unpaired) electrons. The normalized spacial score (nSPS) is 16.3. The van der Waals surface area contributed by atoms with E-state index >= 15 is 0 Å². The molecule has 0 bridgehead atoms. The number of hydrogen-bond acceptors (Lipinski definition) is 4. The third-order valence-corrected chi connectivity index (χ3v) is 4.96. The maximum absolute atomic E-state index is 12.6. The van der Waals surface area contributed by atoms with Crippen LogP contribution < -0.4 is 10.2 Å². The minimum absolute atomic E-state index is 0.0739. The van der Waals surface area contributed by atoms with Crippen LogP contribution in [0.15, 0.2) is 53.1 Å². The average molecular weight is 369 g/mol. The summed E-state index contributed by atoms with van der Waals surface area (Å²) in [6.07, 6.45) is 3.86. The summed E-state index contributed by atoms with van der Waals surface area (Å²) in [5.41, 5.74) is 1.19. The zero-order chi connectivity index (χ0) is 19.1. The molecule has 1 atom stereocenters. The zero-order valence-electron chi connectivity index (χ0n) is 15.8. The van der Waals surface area contributed by atoms with Crippen LogP contribution in [0.4, 0.5) is 5.69 Å². The molecule has 1 saturated heterocycles. The van der Waals surface area contributed by atoms with E-state index in [0.717, 1.165) is 25.9 Å². The molecule has 0 spiro atoms. The number of anilines is 1. The first-order valence-corrected chi connectivity index (χ1v) is 9.63. The second-order valence-electron chi connectivity index (χ2n) is 6.69. The standard InChI is InChI=1S/C21H27N3O3/c1-2-23(17-9-4-3-5-10-17)14-8-13-22-20(25)18-11-6-15-24(18)21(26)19-12-7-16-27-19/h3-5,7,9-10,12,16,18H,2,6,8,11,13-15H2,1H3,(H,22,25). The van der Waals surface area contributed by atoms with E-state index < -0.39 is 6.04 Å². The lowest BCUT2D eigenvalue weighted by Gasteiger charge is -2.24. The molecule has 2 aromatic rings. The van der Waals surface area contributed by atoms with Crippen molar-refractivity contribution in [1.82, 2.24) is 10.2 Å². The largest absolute Gasteiger partial charge is 0.459 e. The number of nitrogens with zero attached hydrogens (tertiary/aromatic N) is 2. The van der Waals surface area contributed by atoms with Crippen molar-refractivity contribution in [3.05, 3.63) is 54.5 Å². The van der Waals surface area contributed by atoms with Gasteiger partial charge in [-0.1, -0.05) is 18.2 Å². The minimum Gasteiger partial charge on any atom is -0.459 e. The maximum atomic E-state index is 12.6. The van der Waals surface area contributed by atoms with E-state index in [1.165, 1.54) is 12.0 Å². The fourth-order valence-electron chi connectivity index (χ4n) is 3.53. The Kier molecular flexibility index (Phi) is 6.52. The predicted octanol–water partition coefficient (Wildman–Crippen LogP) is 2.92. The second kappa shape index (κ2) is 9.26. The average Bonchev–Trinajstić information content (AvgIpc) is 3.40. The lowest BCUT2D eigenvalue weighted by Crippen LogP contribution is -2.46. The molecule has 1 aliphatic heterocycles. The first-order valence-electron chi connectivity index (χ1n) is 9.63. The van der Waals surface area contributed by atoms with Crippen LogP contribution in [0.3, 0.4) is 0 Å². The molecule has 2 amide bonds. The molecule has 144 valence electrons. The molecule has 2 heterocycles. The maximum Gasteiger partial charge on any atom is 0.290 e. The molecular formula is C21H27N3O3. The molecule has 6 heteroatoms. The Bertz CT molecular complexity index is 730. The van der Waals surface area contributed by atoms with Gasteiger partial charge in [0.1, 0.15) is 6.04 Å². The molecule has 1 N–H and O–H groups in total. The van der Waals surface area contributed by atoms with E-state index in [0.29, 0.717) is 19.5 Å². The quantitative estimate of drug-likeness (QED) is 0.727. The van der Waals surface area contributed by atoms with E-state index in [4.69, 9.17) is 4.42 Å². The number of amides is 2. The van der Waals surface area contributed by atoms with Crippen molar-refractivity contribution in [2.24, 2.45) is 0 Å². The van der Waals surface area contributed by atoms with Crippen LogP contribution in [0.25, 0.3) is 0 Å². The van der Waals surface area contributed by atoms with Gasteiger partial charge in [-0.05, 0) is 50.5 Å². The molecule has 6 nitrogen and oxygen atoms in total. The molecule has 1 aliphatic rings. The van der Waals surface area contributed by atoms with Gasteiger partial charge in [-0.2, -0.15) is 0 Å². The number of furan rings is 1. The summed E-state index contributed by atoms with van der Waals surface area (Å²) in [6, 6.07) is 13.2. The van der Waals surface area contributed by atoms with Gasteiger partial charge in [0.05, 0.1) is 6.26 Å². The fraction of sp³-hybridized carbons (Fsp3) is 0.429. The van der Waals surface area contributed by atoms with Crippen LogP contribution in [-0.4, -0.2) is 48.9 Å². The van der Waals surface area contributed by atoms with Crippen molar-refractivity contribution in [2.45, 2.75) is 32.2 Å². The van der Waals surface area contributed by atoms with Gasteiger partial charge in [0.25, 0.3) is 5.91 Å². The molecule has 0 saturated carbocycles. The van der Waals surface area contributed by atoms with E-state index in [-0.39, 0.29) is 17.6 Å². The van der Waals surface area contributed by atoms with Gasteiger partial charge in [-0.3, -0.25) is 9.59 Å². The third kappa shape index (κ3) is 4.70. The second-order valence-corrected chi connectivity index (χ2v) is 6.69. The molecule has 1 fully saturated rings. The molecule has 1 aromatic carbocycles. The topological polar surface area (TPSA) is 65.8 Å². The van der Waals surface area contributed by atoms with E-state index in [2.05, 4.69) is 29.3 Å². The van der Waals surface area contributed by atoms with Gasteiger partial charge in [0.15, 0.2) is 5.76 Å². The van der Waals surface area contributed by atoms with Crippen molar-refractivity contribution in [3.63, 3.8) is 0 Å². The van der Waals surface area contributed by atoms with Crippen LogP contribution in [-0.2, 0) is 4.79 Å². The van der Waals surface area contributed by atoms with Crippen molar-refractivity contribution < 1.29 is 14.0 Å². The minimum atomic E-state index is -0.404. The summed E-state index contributed by atoms with van der Waals surface area (Å²) in [4.78, 5) is 29.0. The highest BCUT2D eigenvalue weighted by molar-refractivity contribution is 5.95. The molecule has 27 heavy (non-hydrogen) atoms. The molecule has 1 aromatic heterocycles. The smallest absolute Gasteiger partial charge is 0.290 e. The van der Waals surface area contributed by atoms with Gasteiger partial charge in [0.2, 0.25) is 5.91 Å². The highest BCUT2D eigenvalue weighted by Crippen LogP contribution is 2.20. The van der Waals surface area contributed by atoms with Crippen LogP contribution >= 0.6 is 0 Å². The number of benzene rings is 1. The summed E-state index contributed by atoms with van der Waals surface area (Å²) in [6.45, 7) is 5.12. The highest BCUT2D eigenvalue weighted by atomic mass is 16.3. The Hall–Kier alpha value is -2.76. The zero-order valence-corrected chi connectivity index (χ0v) is 15.8. The Morgan fingerprint density at radius 1 is 1.22 bits per heavy atom. The predicted molar refractivity (Wildman–Crippen MR) is 105 cm³/mol. The number of carbonyl (C=O) groups is 2. The van der Waals surface area contributed by atoms with E-state index in [1.54, 1.807) is 17.0 Å². The van der Waals surface area contributed by atoms with Crippen LogP contribution in [0.1, 0.15) is 36.7 Å². The van der Waals surface area contributed by atoms with Crippen molar-refractivity contribution >= 4 is 17.5 Å². The number of hydrogen-bond donors (Lipinski definition) is 1. The monoisotopic (exact) mass is 369 g/mol. The van der Waals surface area contributed by atoms with Gasteiger partial charge < -0.3 is 19.5 Å². The molecule has 1 unspecified atom stereocenters. The Labute approximate surface area is 160 Å². The first kappa shape index (κ1) is 19.0. The number of para-hydroxylation sites is 1. The van der Waals surface area contributed by atoms with Gasteiger partial charge >= 0.3 is 0 Å². The van der Waals surface area contributed by atoms with Crippen LogP contribution in [0.2, 0.25) is 0 Å². The summed E-state index contributed by atoms with van der Waals surface area (Å²) < 4.78 is 5.19. The fourth-order valence-corrected chi connectivity index (χ4v) is 3.53. The third-order valence-electron chi connectivity index (χ3n) is 4.96. The van der Waals surface area contributed by atoms with Crippen LogP contribution in [0.5, 0.6) is 0 Å². The SMILES string of the molecule is CCN(CCCNC(=O)C1CCCN1C(=O)c1ccco1)c1ccccc1. The summed E-state index contributed by atoms with van der Waals surface area (Å²) in [7, 11) is 0. The van der Waals surface area contributed by atoms with Gasteiger partial charge in [-0.15, -0.1) is 0 Å². The Morgan fingerprint density at radius 3 is 2.74 bits per heavy atom. The van der Waals surface area contributed by atoms with E-state index in [1.807, 2.05) is 18.2 Å². The molecule has 0 aliphatic carbocycles. The first-order chi connectivity index (χ1) is 13.2. The van der Waals surface area contributed by atoms with Gasteiger partial charge in [0, 0.05) is 31.9 Å². The number of carbonyl (C=O) groups excluding carboxylic acids is 2. The summed E-state index contributed by atoms with van der Waals surface area (Å²) in [5.74, 6) is 0.00481. The molecular weight excluding hydrogens is 342 g/mol. The lowest BCUT2D eigenvalue weighted by molar-refractivity contribution is -0.124. The Morgan fingerprint density at radius 2 is 2.04 bits per heavy atom. The van der Waals surface area contributed by atoms with Crippen molar-refractivity contribution in [3.8, 4) is 0 Å². The molecule has 3 rings (SSSR count). The number of rotatable bonds is 8. The van der Waals surface area contributed by atoms with Crippen molar-refractivity contribution in [1.29, 1.82) is 0 Å². The van der Waals surface area contributed by atoms with Crippen LogP contribution in [0, 0.1) is 0 Å². The lowest BCUT2D eigenvalue weighted by atomic mass is 10.2. The highest BCUT2D eigenvalue weighted by Gasteiger charge is 2.35. The summed E-state index contributed by atoms with van der Waals surface area (Å²) in [5, 5.41) is 3.00. The van der Waals surface area contributed by atoms with E-state index in [9.17, 15) is 9.59 Å². The summed E-state index contributed by atoms with van der Waals surface area (Å²) >= 11 is 0. The number of likely N-dealkylation sites (tertiary alicyclic amines) is 1. The van der Waals surface area contributed by atoms with Gasteiger partial charge in [-0.25, -0.2) is 0 Å². The Balaban J connectivity index is 1.46. The number of nitrogens with one attached hydrogen (secondary N) is 1. The van der Waals surface area contributed by atoms with Crippen molar-refractivity contribution in [2.75, 3.05) is 31.1 Å².